The highest BCUT2D eigenvalue weighted by Gasteiger charge is 1.99. The van der Waals surface area contributed by atoms with Gasteiger partial charge < -0.3 is 11.1 Å². The Kier molecular flexibility index (Phi) is 4.03. The molecule has 0 saturated carbocycles. The summed E-state index contributed by atoms with van der Waals surface area (Å²) in [5.41, 5.74) is 7.51. The summed E-state index contributed by atoms with van der Waals surface area (Å²) in [5.74, 6) is 1.70. The van der Waals surface area contributed by atoms with Crippen molar-refractivity contribution in [3.8, 4) is 0 Å². The number of nitrogens with one attached hydrogen (secondary N) is 1. The lowest BCUT2D eigenvalue weighted by Crippen LogP contribution is -2.04. The van der Waals surface area contributed by atoms with Crippen LogP contribution in [0.2, 0.25) is 0 Å². The van der Waals surface area contributed by atoms with Crippen molar-refractivity contribution >= 4 is 22.4 Å². The number of nitrogen functional groups attached to an aromatic ring is 1. The summed E-state index contributed by atoms with van der Waals surface area (Å²) in [6.07, 6.45) is 2.43. The number of nitrogens with two attached hydrogens (primary N) is 1. The molecule has 1 aromatic carbocycles. The number of anilines is 2. The molecule has 1 aromatic heterocycles. The molecule has 2 rings (SSSR count). The van der Waals surface area contributed by atoms with E-state index in [0.29, 0.717) is 0 Å². The highest BCUT2D eigenvalue weighted by molar-refractivity contribution is 5.83. The third-order valence-corrected chi connectivity index (χ3v) is 2.98. The first kappa shape index (κ1) is 12.7. The first-order chi connectivity index (χ1) is 8.65. The Bertz CT molecular complexity index is 520. The molecule has 18 heavy (non-hydrogen) atoms. The van der Waals surface area contributed by atoms with Gasteiger partial charge in [0, 0.05) is 17.6 Å². The van der Waals surface area contributed by atoms with Gasteiger partial charge in [0.25, 0.3) is 0 Å². The van der Waals surface area contributed by atoms with Gasteiger partial charge in [0.15, 0.2) is 0 Å². The third-order valence-electron chi connectivity index (χ3n) is 2.98. The predicted octanol–water partition coefficient (Wildman–Crippen LogP) is 3.67. The lowest BCUT2D eigenvalue weighted by atomic mass is 10.1. The van der Waals surface area contributed by atoms with Gasteiger partial charge in [0.05, 0.1) is 5.52 Å². The number of hydrogen-bond donors (Lipinski definition) is 2. The monoisotopic (exact) mass is 243 g/mol. The Balaban J connectivity index is 1.99. The number of pyridine rings is 1. The molecule has 0 radical (unpaired) electrons. The maximum Gasteiger partial charge on any atom is 0.126 e. The number of fused-ring (bicyclic) bond motifs is 1. The van der Waals surface area contributed by atoms with E-state index in [2.05, 4.69) is 30.2 Å². The minimum Gasteiger partial charge on any atom is -0.399 e. The summed E-state index contributed by atoms with van der Waals surface area (Å²) in [6.45, 7) is 5.48. The third kappa shape index (κ3) is 3.36. The lowest BCUT2D eigenvalue weighted by molar-refractivity contribution is 0.567. The summed E-state index contributed by atoms with van der Waals surface area (Å²) in [4.78, 5) is 4.57. The van der Waals surface area contributed by atoms with Crippen LogP contribution in [-0.2, 0) is 0 Å². The molecule has 0 aliphatic heterocycles. The van der Waals surface area contributed by atoms with Crippen molar-refractivity contribution in [2.24, 2.45) is 5.92 Å². The fourth-order valence-electron chi connectivity index (χ4n) is 1.97. The van der Waals surface area contributed by atoms with Gasteiger partial charge in [0.2, 0.25) is 0 Å². The molecule has 0 saturated heterocycles. The Morgan fingerprint density at radius 3 is 2.83 bits per heavy atom. The molecule has 1 heterocycles. The summed E-state index contributed by atoms with van der Waals surface area (Å²) in [5, 5.41) is 4.45. The van der Waals surface area contributed by atoms with E-state index in [1.165, 1.54) is 12.8 Å². The minimum absolute atomic E-state index is 0.763. The zero-order chi connectivity index (χ0) is 13.0. The van der Waals surface area contributed by atoms with Crippen molar-refractivity contribution in [3.05, 3.63) is 30.3 Å². The number of nitrogens with zero attached hydrogens (tertiary/aromatic N) is 1. The van der Waals surface area contributed by atoms with Crippen LogP contribution >= 0.6 is 0 Å². The summed E-state index contributed by atoms with van der Waals surface area (Å²) < 4.78 is 0. The van der Waals surface area contributed by atoms with Crippen LogP contribution in [0.4, 0.5) is 11.5 Å². The molecule has 0 aliphatic rings. The van der Waals surface area contributed by atoms with E-state index in [9.17, 15) is 0 Å². The fraction of sp³-hybridized carbons (Fsp3) is 0.400. The van der Waals surface area contributed by atoms with Crippen LogP contribution in [0, 0.1) is 5.92 Å². The quantitative estimate of drug-likeness (QED) is 0.622. The Morgan fingerprint density at radius 1 is 1.22 bits per heavy atom. The van der Waals surface area contributed by atoms with Crippen molar-refractivity contribution in [1.82, 2.24) is 4.98 Å². The largest absolute Gasteiger partial charge is 0.399 e. The molecule has 96 valence electrons. The van der Waals surface area contributed by atoms with Gasteiger partial charge in [0.1, 0.15) is 5.82 Å². The zero-order valence-corrected chi connectivity index (χ0v) is 11.1. The van der Waals surface area contributed by atoms with E-state index < -0.39 is 0 Å². The SMILES string of the molecule is CC(C)CCCNc1ccc2cc(N)ccc2n1. The molecule has 0 bridgehead atoms. The van der Waals surface area contributed by atoms with Crippen LogP contribution in [0.5, 0.6) is 0 Å². The summed E-state index contributed by atoms with van der Waals surface area (Å²) in [6, 6.07) is 9.87. The molecule has 0 aliphatic carbocycles. The van der Waals surface area contributed by atoms with E-state index in [0.717, 1.165) is 34.9 Å². The normalized spacial score (nSPS) is 11.1. The van der Waals surface area contributed by atoms with Gasteiger partial charge >= 0.3 is 0 Å². The minimum atomic E-state index is 0.763. The van der Waals surface area contributed by atoms with Crippen molar-refractivity contribution in [2.75, 3.05) is 17.6 Å². The van der Waals surface area contributed by atoms with Gasteiger partial charge in [-0.3, -0.25) is 0 Å². The summed E-state index contributed by atoms with van der Waals surface area (Å²) >= 11 is 0. The number of aromatic nitrogens is 1. The molecule has 0 spiro atoms. The van der Waals surface area contributed by atoms with E-state index in [1.54, 1.807) is 0 Å². The zero-order valence-electron chi connectivity index (χ0n) is 11.1. The smallest absolute Gasteiger partial charge is 0.126 e. The lowest BCUT2D eigenvalue weighted by Gasteiger charge is -2.08. The molecule has 0 amide bonds. The maximum atomic E-state index is 5.75. The van der Waals surface area contributed by atoms with Gasteiger partial charge in [-0.1, -0.05) is 13.8 Å². The van der Waals surface area contributed by atoms with Crippen LogP contribution in [0.15, 0.2) is 30.3 Å². The number of benzene rings is 1. The van der Waals surface area contributed by atoms with Crippen molar-refractivity contribution < 1.29 is 0 Å². The molecular weight excluding hydrogens is 222 g/mol. The van der Waals surface area contributed by atoms with Gasteiger partial charge in [-0.25, -0.2) is 4.98 Å². The van der Waals surface area contributed by atoms with Crippen molar-refractivity contribution in [2.45, 2.75) is 26.7 Å². The number of rotatable bonds is 5. The second-order valence-electron chi connectivity index (χ2n) is 5.11. The van der Waals surface area contributed by atoms with Gasteiger partial charge in [-0.15, -0.1) is 0 Å². The fourth-order valence-corrected chi connectivity index (χ4v) is 1.97. The number of hydrogen-bond acceptors (Lipinski definition) is 3. The second-order valence-corrected chi connectivity index (χ2v) is 5.11. The Labute approximate surface area is 108 Å². The highest BCUT2D eigenvalue weighted by Crippen LogP contribution is 2.18. The van der Waals surface area contributed by atoms with Crippen LogP contribution < -0.4 is 11.1 Å². The van der Waals surface area contributed by atoms with Gasteiger partial charge in [-0.2, -0.15) is 0 Å². The Morgan fingerprint density at radius 2 is 2.06 bits per heavy atom. The van der Waals surface area contributed by atoms with Crippen LogP contribution in [0.1, 0.15) is 26.7 Å². The molecule has 2 aromatic rings. The van der Waals surface area contributed by atoms with E-state index >= 15 is 0 Å². The van der Waals surface area contributed by atoms with E-state index in [4.69, 9.17) is 5.73 Å². The van der Waals surface area contributed by atoms with Gasteiger partial charge in [-0.05, 0) is 49.1 Å². The highest BCUT2D eigenvalue weighted by atomic mass is 15.0. The first-order valence-corrected chi connectivity index (χ1v) is 6.55. The molecule has 0 fully saturated rings. The maximum absolute atomic E-state index is 5.75. The van der Waals surface area contributed by atoms with Crippen LogP contribution in [-0.4, -0.2) is 11.5 Å². The molecule has 3 heteroatoms. The molecular formula is C15H21N3. The predicted molar refractivity (Wildman–Crippen MR) is 78.7 cm³/mol. The van der Waals surface area contributed by atoms with E-state index in [1.807, 2.05) is 24.3 Å². The van der Waals surface area contributed by atoms with Crippen LogP contribution in [0.3, 0.4) is 0 Å². The Hall–Kier alpha value is -1.77. The topological polar surface area (TPSA) is 50.9 Å². The molecule has 0 atom stereocenters. The molecule has 0 unspecified atom stereocenters. The molecule has 3 N–H and O–H groups in total. The second kappa shape index (κ2) is 5.71. The first-order valence-electron chi connectivity index (χ1n) is 6.55. The van der Waals surface area contributed by atoms with Crippen LogP contribution in [0.25, 0.3) is 10.9 Å². The van der Waals surface area contributed by atoms with Crippen molar-refractivity contribution in [3.63, 3.8) is 0 Å². The summed E-state index contributed by atoms with van der Waals surface area (Å²) in [7, 11) is 0. The molecule has 3 nitrogen and oxygen atoms in total. The van der Waals surface area contributed by atoms with Crippen molar-refractivity contribution in [1.29, 1.82) is 0 Å². The van der Waals surface area contributed by atoms with E-state index in [-0.39, 0.29) is 0 Å². The average Bonchev–Trinajstić information content (AvgIpc) is 2.34. The standard InChI is InChI=1S/C15H21N3/c1-11(2)4-3-9-17-15-8-5-12-10-13(16)6-7-14(12)18-15/h5-8,10-11H,3-4,9,16H2,1-2H3,(H,17,18). The average molecular weight is 243 g/mol.